The fourth-order valence-electron chi connectivity index (χ4n) is 2.98. The number of nitrogens with one attached hydrogen (secondary N) is 1. The van der Waals surface area contributed by atoms with Crippen molar-refractivity contribution in [2.24, 2.45) is 0 Å². The highest BCUT2D eigenvalue weighted by atomic mass is 16.1. The first-order valence-electron chi connectivity index (χ1n) is 8.14. The molecule has 2 aromatic heterocycles. The van der Waals surface area contributed by atoms with Gasteiger partial charge in [0.15, 0.2) is 0 Å². The van der Waals surface area contributed by atoms with Gasteiger partial charge in [-0.2, -0.15) is 9.67 Å². The predicted octanol–water partition coefficient (Wildman–Crippen LogP) is 3.08. The quantitative estimate of drug-likeness (QED) is 0.795. The molecule has 25 heavy (non-hydrogen) atoms. The van der Waals surface area contributed by atoms with Crippen LogP contribution in [0.5, 0.6) is 0 Å². The molecular formula is C19H21N5O. The molecule has 3 aromatic rings. The maximum absolute atomic E-state index is 12.6. The fraction of sp³-hybridized carbons (Fsp3) is 0.263. The van der Waals surface area contributed by atoms with E-state index in [4.69, 9.17) is 0 Å². The number of amides is 1. The third-order valence-electron chi connectivity index (χ3n) is 4.05. The molecule has 3 rings (SSSR count). The Morgan fingerprint density at radius 1 is 1.08 bits per heavy atom. The number of carbonyl (C=O) groups is 1. The van der Waals surface area contributed by atoms with E-state index in [1.54, 1.807) is 24.0 Å². The van der Waals surface area contributed by atoms with Gasteiger partial charge < -0.3 is 0 Å². The monoisotopic (exact) mass is 335 g/mol. The van der Waals surface area contributed by atoms with Gasteiger partial charge in [0.2, 0.25) is 11.9 Å². The highest BCUT2D eigenvalue weighted by molar-refractivity contribution is 5.91. The van der Waals surface area contributed by atoms with Crippen LogP contribution in [-0.2, 0) is 11.2 Å². The van der Waals surface area contributed by atoms with E-state index in [-0.39, 0.29) is 5.91 Å². The Kier molecular flexibility index (Phi) is 4.61. The van der Waals surface area contributed by atoms with Crippen molar-refractivity contribution in [3.63, 3.8) is 0 Å². The molecule has 0 bridgehead atoms. The third kappa shape index (κ3) is 3.74. The molecule has 6 nitrogen and oxygen atoms in total. The lowest BCUT2D eigenvalue weighted by atomic mass is 9.97. The molecule has 0 saturated heterocycles. The molecule has 1 aromatic carbocycles. The number of aryl methyl sites for hydroxylation is 4. The summed E-state index contributed by atoms with van der Waals surface area (Å²) >= 11 is 0. The van der Waals surface area contributed by atoms with Gasteiger partial charge in [0, 0.05) is 12.4 Å². The largest absolute Gasteiger partial charge is 0.294 e. The predicted molar refractivity (Wildman–Crippen MR) is 96.9 cm³/mol. The standard InChI is InChI=1S/C19H21N5O/c1-12-9-13(2)17(14(3)10-12)11-18(25)22-19-21-15(4)23-24(19)16-5-7-20-8-6-16/h5-10H,11H2,1-4H3,(H,21,22,23,25). The minimum atomic E-state index is -0.113. The van der Waals surface area contributed by atoms with Crippen LogP contribution in [0.25, 0.3) is 5.69 Å². The Morgan fingerprint density at radius 2 is 1.72 bits per heavy atom. The Morgan fingerprint density at radius 3 is 2.36 bits per heavy atom. The van der Waals surface area contributed by atoms with Gasteiger partial charge in [-0.15, -0.1) is 5.10 Å². The van der Waals surface area contributed by atoms with Crippen LogP contribution in [0.2, 0.25) is 0 Å². The molecule has 0 fully saturated rings. The van der Waals surface area contributed by atoms with E-state index in [0.29, 0.717) is 18.2 Å². The van der Waals surface area contributed by atoms with Crippen LogP contribution in [-0.4, -0.2) is 25.7 Å². The van der Waals surface area contributed by atoms with E-state index in [1.807, 2.05) is 26.0 Å². The molecule has 1 amide bonds. The second kappa shape index (κ2) is 6.84. The van der Waals surface area contributed by atoms with Gasteiger partial charge in [-0.05, 0) is 56.5 Å². The highest BCUT2D eigenvalue weighted by Gasteiger charge is 2.15. The summed E-state index contributed by atoms with van der Waals surface area (Å²) in [5.41, 5.74) is 5.30. The molecule has 0 unspecified atom stereocenters. The number of anilines is 1. The molecule has 2 heterocycles. The number of rotatable bonds is 4. The molecule has 0 aliphatic rings. The van der Waals surface area contributed by atoms with Crippen LogP contribution in [0.15, 0.2) is 36.7 Å². The van der Waals surface area contributed by atoms with Crippen LogP contribution in [0.1, 0.15) is 28.1 Å². The van der Waals surface area contributed by atoms with Gasteiger partial charge in [0.25, 0.3) is 0 Å². The number of benzene rings is 1. The third-order valence-corrected chi connectivity index (χ3v) is 4.05. The van der Waals surface area contributed by atoms with E-state index in [0.717, 1.165) is 22.4 Å². The lowest BCUT2D eigenvalue weighted by Gasteiger charge is -2.12. The van der Waals surface area contributed by atoms with Crippen molar-refractivity contribution in [3.05, 3.63) is 64.7 Å². The zero-order valence-corrected chi connectivity index (χ0v) is 14.9. The summed E-state index contributed by atoms with van der Waals surface area (Å²) in [6.07, 6.45) is 3.66. The van der Waals surface area contributed by atoms with Crippen molar-refractivity contribution in [2.45, 2.75) is 34.1 Å². The Bertz CT molecular complexity index is 892. The summed E-state index contributed by atoms with van der Waals surface area (Å²) in [4.78, 5) is 20.9. The molecule has 0 aliphatic heterocycles. The Labute approximate surface area is 146 Å². The maximum Gasteiger partial charge on any atom is 0.233 e. The van der Waals surface area contributed by atoms with Crippen molar-refractivity contribution in [3.8, 4) is 5.69 Å². The lowest BCUT2D eigenvalue weighted by Crippen LogP contribution is -2.19. The molecule has 0 radical (unpaired) electrons. The summed E-state index contributed by atoms with van der Waals surface area (Å²) in [6, 6.07) is 7.83. The number of pyridine rings is 1. The average Bonchev–Trinajstić information content (AvgIpc) is 2.92. The number of hydrogen-bond donors (Lipinski definition) is 1. The van der Waals surface area contributed by atoms with Crippen LogP contribution >= 0.6 is 0 Å². The molecule has 0 spiro atoms. The van der Waals surface area contributed by atoms with E-state index < -0.39 is 0 Å². The molecule has 1 N–H and O–H groups in total. The molecule has 0 atom stereocenters. The zero-order chi connectivity index (χ0) is 18.0. The summed E-state index contributed by atoms with van der Waals surface area (Å²) < 4.78 is 1.61. The van der Waals surface area contributed by atoms with E-state index in [1.165, 1.54) is 5.56 Å². The van der Waals surface area contributed by atoms with Gasteiger partial charge in [-0.25, -0.2) is 0 Å². The average molecular weight is 335 g/mol. The smallest absolute Gasteiger partial charge is 0.233 e. The first-order chi connectivity index (χ1) is 11.9. The minimum Gasteiger partial charge on any atom is -0.294 e. The lowest BCUT2D eigenvalue weighted by molar-refractivity contribution is -0.115. The molecular weight excluding hydrogens is 314 g/mol. The van der Waals surface area contributed by atoms with Gasteiger partial charge in [-0.3, -0.25) is 15.1 Å². The first kappa shape index (κ1) is 16.8. The summed E-state index contributed by atoms with van der Waals surface area (Å²) in [5.74, 6) is 0.892. The van der Waals surface area contributed by atoms with Crippen LogP contribution in [0.4, 0.5) is 5.95 Å². The zero-order valence-electron chi connectivity index (χ0n) is 14.9. The highest BCUT2D eigenvalue weighted by Crippen LogP contribution is 2.18. The normalized spacial score (nSPS) is 10.7. The van der Waals surface area contributed by atoms with Gasteiger partial charge in [0.05, 0.1) is 12.1 Å². The minimum absolute atomic E-state index is 0.113. The van der Waals surface area contributed by atoms with E-state index in [9.17, 15) is 4.79 Å². The molecule has 128 valence electrons. The van der Waals surface area contributed by atoms with E-state index in [2.05, 4.69) is 39.4 Å². The van der Waals surface area contributed by atoms with Gasteiger partial charge in [-0.1, -0.05) is 17.7 Å². The number of carbonyl (C=O) groups excluding carboxylic acids is 1. The van der Waals surface area contributed by atoms with Crippen molar-refractivity contribution >= 4 is 11.9 Å². The van der Waals surface area contributed by atoms with Crippen molar-refractivity contribution in [1.29, 1.82) is 0 Å². The fourth-order valence-corrected chi connectivity index (χ4v) is 2.98. The van der Waals surface area contributed by atoms with Gasteiger partial charge >= 0.3 is 0 Å². The summed E-state index contributed by atoms with van der Waals surface area (Å²) in [6.45, 7) is 7.92. The topological polar surface area (TPSA) is 72.7 Å². The SMILES string of the molecule is Cc1cc(C)c(CC(=O)Nc2nc(C)nn2-c2ccncc2)c(C)c1. The van der Waals surface area contributed by atoms with Crippen molar-refractivity contribution in [2.75, 3.05) is 5.32 Å². The van der Waals surface area contributed by atoms with Crippen LogP contribution in [0, 0.1) is 27.7 Å². The second-order valence-corrected chi connectivity index (χ2v) is 6.20. The Balaban J connectivity index is 1.83. The van der Waals surface area contributed by atoms with Gasteiger partial charge in [0.1, 0.15) is 5.82 Å². The first-order valence-corrected chi connectivity index (χ1v) is 8.14. The van der Waals surface area contributed by atoms with Crippen LogP contribution in [0.3, 0.4) is 0 Å². The van der Waals surface area contributed by atoms with Crippen molar-refractivity contribution in [1.82, 2.24) is 19.7 Å². The second-order valence-electron chi connectivity index (χ2n) is 6.20. The molecule has 0 saturated carbocycles. The van der Waals surface area contributed by atoms with E-state index >= 15 is 0 Å². The molecule has 0 aliphatic carbocycles. The maximum atomic E-state index is 12.6. The summed E-state index contributed by atoms with van der Waals surface area (Å²) in [5, 5.41) is 7.23. The van der Waals surface area contributed by atoms with Crippen LogP contribution < -0.4 is 5.32 Å². The number of nitrogens with zero attached hydrogens (tertiary/aromatic N) is 4. The molecule has 6 heteroatoms. The summed E-state index contributed by atoms with van der Waals surface area (Å²) in [7, 11) is 0. The Hall–Kier alpha value is -3.02. The number of hydrogen-bond acceptors (Lipinski definition) is 4. The van der Waals surface area contributed by atoms with Crippen molar-refractivity contribution < 1.29 is 4.79 Å². The number of aromatic nitrogens is 4.